The molecule has 1 rings (SSSR count). The number of halogens is 1. The lowest BCUT2D eigenvalue weighted by molar-refractivity contribution is -0.385. The Bertz CT molecular complexity index is 475. The molecule has 1 aromatic rings. The number of aliphatic hydroxyl groups excluding tert-OH is 1. The third-order valence-electron chi connectivity index (χ3n) is 2.12. The molecule has 0 aliphatic rings. The molecule has 0 atom stereocenters. The van der Waals surface area contributed by atoms with E-state index in [4.69, 9.17) is 26.2 Å². The molecule has 0 amide bonds. The number of methoxy groups -OCH3 is 1. The van der Waals surface area contributed by atoms with Crippen LogP contribution < -0.4 is 9.47 Å². The van der Waals surface area contributed by atoms with Gasteiger partial charge >= 0.3 is 0 Å². The molecule has 0 spiro atoms. The Labute approximate surface area is 109 Å². The van der Waals surface area contributed by atoms with E-state index in [1.165, 1.54) is 19.2 Å². The number of benzene rings is 1. The molecule has 6 nitrogen and oxygen atoms in total. The summed E-state index contributed by atoms with van der Waals surface area (Å²) in [6, 6.07) is 2.54. The molecule has 1 aromatic carbocycles. The molecule has 0 aliphatic heterocycles. The molecule has 0 aliphatic carbocycles. The van der Waals surface area contributed by atoms with Crippen LogP contribution in [-0.4, -0.2) is 23.7 Å². The standard InChI is InChI=1S/C11H12ClNO5/c1-7(12)6-18-11-4-9(13(15)16)8(5-14)3-10(11)17-2/h3-4,14H,1,5-6H2,2H3. The van der Waals surface area contributed by atoms with Crippen molar-refractivity contribution in [2.75, 3.05) is 13.7 Å². The molecule has 0 fully saturated rings. The molecular formula is C11H12ClNO5. The Balaban J connectivity index is 3.18. The Hall–Kier alpha value is -1.79. The van der Waals surface area contributed by atoms with Gasteiger partial charge in [0.2, 0.25) is 0 Å². The lowest BCUT2D eigenvalue weighted by Crippen LogP contribution is -2.02. The molecule has 7 heteroatoms. The van der Waals surface area contributed by atoms with E-state index in [9.17, 15) is 10.1 Å². The highest BCUT2D eigenvalue weighted by atomic mass is 35.5. The maximum absolute atomic E-state index is 10.8. The van der Waals surface area contributed by atoms with Crippen molar-refractivity contribution in [1.82, 2.24) is 0 Å². The zero-order valence-corrected chi connectivity index (χ0v) is 10.4. The molecule has 0 radical (unpaired) electrons. The van der Waals surface area contributed by atoms with Crippen LogP contribution in [0.4, 0.5) is 5.69 Å². The predicted molar refractivity (Wildman–Crippen MR) is 66.1 cm³/mol. The van der Waals surface area contributed by atoms with E-state index in [-0.39, 0.29) is 34.4 Å². The molecule has 0 unspecified atom stereocenters. The second kappa shape index (κ2) is 6.23. The number of ether oxygens (including phenoxy) is 2. The fourth-order valence-corrected chi connectivity index (χ4v) is 1.37. The maximum Gasteiger partial charge on any atom is 0.278 e. The summed E-state index contributed by atoms with van der Waals surface area (Å²) in [5, 5.41) is 20.1. The smallest absolute Gasteiger partial charge is 0.278 e. The monoisotopic (exact) mass is 273 g/mol. The summed E-state index contributed by atoms with van der Waals surface area (Å²) in [7, 11) is 1.39. The SMILES string of the molecule is C=C(Cl)COc1cc([N+](=O)[O-])c(CO)cc1OC. The zero-order valence-electron chi connectivity index (χ0n) is 9.68. The number of aliphatic hydroxyl groups is 1. The van der Waals surface area contributed by atoms with Gasteiger partial charge in [-0.1, -0.05) is 18.2 Å². The van der Waals surface area contributed by atoms with Crippen LogP contribution >= 0.6 is 11.6 Å². The zero-order chi connectivity index (χ0) is 13.7. The first-order chi connectivity index (χ1) is 8.49. The second-order valence-electron chi connectivity index (χ2n) is 3.35. The van der Waals surface area contributed by atoms with Crippen LogP contribution in [0.15, 0.2) is 23.7 Å². The van der Waals surface area contributed by atoms with E-state index < -0.39 is 11.5 Å². The van der Waals surface area contributed by atoms with Gasteiger partial charge in [0.05, 0.1) is 30.3 Å². The van der Waals surface area contributed by atoms with Crippen molar-refractivity contribution in [3.63, 3.8) is 0 Å². The lowest BCUT2D eigenvalue weighted by atomic mass is 10.1. The average molecular weight is 274 g/mol. The summed E-state index contributed by atoms with van der Waals surface area (Å²) in [6.07, 6.45) is 0. The first-order valence-corrected chi connectivity index (χ1v) is 5.29. The second-order valence-corrected chi connectivity index (χ2v) is 3.89. The van der Waals surface area contributed by atoms with Gasteiger partial charge in [-0.25, -0.2) is 0 Å². The number of nitrogens with zero attached hydrogens (tertiary/aromatic N) is 1. The van der Waals surface area contributed by atoms with Crippen LogP contribution in [0.3, 0.4) is 0 Å². The van der Waals surface area contributed by atoms with Gasteiger partial charge in [-0.05, 0) is 6.07 Å². The molecule has 0 saturated heterocycles. The highest BCUT2D eigenvalue weighted by Gasteiger charge is 2.19. The molecule has 98 valence electrons. The largest absolute Gasteiger partial charge is 0.493 e. The van der Waals surface area contributed by atoms with Gasteiger partial charge in [-0.3, -0.25) is 10.1 Å². The molecule has 0 aromatic heterocycles. The van der Waals surface area contributed by atoms with Gasteiger partial charge < -0.3 is 14.6 Å². The number of hydrogen-bond donors (Lipinski definition) is 1. The van der Waals surface area contributed by atoms with Crippen molar-refractivity contribution in [3.8, 4) is 11.5 Å². The minimum absolute atomic E-state index is 0.00748. The van der Waals surface area contributed by atoms with E-state index >= 15 is 0 Å². The quantitative estimate of drug-likeness (QED) is 0.635. The predicted octanol–water partition coefficient (Wildman–Crippen LogP) is 2.23. The van der Waals surface area contributed by atoms with E-state index in [1.54, 1.807) is 0 Å². The Kier molecular flexibility index (Phi) is 4.94. The van der Waals surface area contributed by atoms with E-state index in [0.717, 1.165) is 0 Å². The number of nitro groups is 1. The van der Waals surface area contributed by atoms with Gasteiger partial charge in [0, 0.05) is 5.03 Å². The molecule has 1 N–H and O–H groups in total. The third-order valence-corrected chi connectivity index (χ3v) is 2.23. The summed E-state index contributed by atoms with van der Waals surface area (Å²) in [5.74, 6) is 0.450. The third kappa shape index (κ3) is 3.35. The normalized spacial score (nSPS) is 9.94. The van der Waals surface area contributed by atoms with Gasteiger partial charge in [0.1, 0.15) is 6.61 Å². The first kappa shape index (κ1) is 14.3. The van der Waals surface area contributed by atoms with Gasteiger partial charge in [0.25, 0.3) is 5.69 Å². The van der Waals surface area contributed by atoms with Crippen molar-refractivity contribution in [1.29, 1.82) is 0 Å². The Morgan fingerprint density at radius 2 is 2.22 bits per heavy atom. The summed E-state index contributed by atoms with van der Waals surface area (Å²) < 4.78 is 10.3. The fraction of sp³-hybridized carbons (Fsp3) is 0.273. The van der Waals surface area contributed by atoms with Crippen molar-refractivity contribution < 1.29 is 19.5 Å². The van der Waals surface area contributed by atoms with E-state index in [0.29, 0.717) is 0 Å². The topological polar surface area (TPSA) is 81.8 Å². The Morgan fingerprint density at radius 1 is 1.56 bits per heavy atom. The highest BCUT2D eigenvalue weighted by Crippen LogP contribution is 2.35. The summed E-state index contributed by atoms with van der Waals surface area (Å²) >= 11 is 5.55. The van der Waals surface area contributed by atoms with Gasteiger partial charge in [-0.2, -0.15) is 0 Å². The summed E-state index contributed by atoms with van der Waals surface area (Å²) in [4.78, 5) is 10.2. The van der Waals surface area contributed by atoms with E-state index in [1.807, 2.05) is 0 Å². The van der Waals surface area contributed by atoms with Crippen LogP contribution in [0.2, 0.25) is 0 Å². The minimum atomic E-state index is -0.604. The molecule has 0 heterocycles. The molecule has 0 bridgehead atoms. The molecule has 0 saturated carbocycles. The number of nitro benzene ring substituents is 1. The van der Waals surface area contributed by atoms with Crippen molar-refractivity contribution in [2.45, 2.75) is 6.61 Å². The van der Waals surface area contributed by atoms with Crippen molar-refractivity contribution in [3.05, 3.63) is 39.4 Å². The summed E-state index contributed by atoms with van der Waals surface area (Å²) in [5.41, 5.74) is -0.0950. The first-order valence-electron chi connectivity index (χ1n) is 4.91. The van der Waals surface area contributed by atoms with Crippen LogP contribution in [0.25, 0.3) is 0 Å². The van der Waals surface area contributed by atoms with Crippen LogP contribution in [0.1, 0.15) is 5.56 Å². The van der Waals surface area contributed by atoms with Crippen LogP contribution in [-0.2, 0) is 6.61 Å². The van der Waals surface area contributed by atoms with E-state index in [2.05, 4.69) is 6.58 Å². The highest BCUT2D eigenvalue weighted by molar-refractivity contribution is 6.29. The Morgan fingerprint density at radius 3 is 2.67 bits per heavy atom. The number of hydrogen-bond acceptors (Lipinski definition) is 5. The summed E-state index contributed by atoms with van der Waals surface area (Å²) in [6.45, 7) is 2.99. The molecule has 18 heavy (non-hydrogen) atoms. The van der Waals surface area contributed by atoms with Gasteiger partial charge in [-0.15, -0.1) is 0 Å². The van der Waals surface area contributed by atoms with Gasteiger partial charge in [0.15, 0.2) is 11.5 Å². The average Bonchev–Trinajstić information content (AvgIpc) is 2.34. The molecular weight excluding hydrogens is 262 g/mol. The van der Waals surface area contributed by atoms with Crippen LogP contribution in [0, 0.1) is 10.1 Å². The fourth-order valence-electron chi connectivity index (χ4n) is 1.32. The van der Waals surface area contributed by atoms with Crippen molar-refractivity contribution in [2.24, 2.45) is 0 Å². The minimum Gasteiger partial charge on any atom is -0.493 e. The lowest BCUT2D eigenvalue weighted by Gasteiger charge is -2.11. The maximum atomic E-state index is 10.8. The number of rotatable bonds is 6. The van der Waals surface area contributed by atoms with Crippen LogP contribution in [0.5, 0.6) is 11.5 Å². The van der Waals surface area contributed by atoms with Crippen molar-refractivity contribution >= 4 is 17.3 Å².